The van der Waals surface area contributed by atoms with E-state index in [1.54, 1.807) is 4.90 Å². The van der Waals surface area contributed by atoms with Crippen molar-refractivity contribution in [1.29, 1.82) is 0 Å². The number of pyridine rings is 1. The molecule has 1 aliphatic heterocycles. The summed E-state index contributed by atoms with van der Waals surface area (Å²) in [7, 11) is 3.98. The Bertz CT molecular complexity index is 566. The van der Waals surface area contributed by atoms with Crippen molar-refractivity contribution < 1.29 is 9.59 Å². The van der Waals surface area contributed by atoms with Crippen molar-refractivity contribution in [3.05, 3.63) is 29.1 Å². The van der Waals surface area contributed by atoms with Gasteiger partial charge in [-0.05, 0) is 40.1 Å². The van der Waals surface area contributed by atoms with Crippen LogP contribution in [0.2, 0.25) is 0 Å². The molecule has 0 spiro atoms. The van der Waals surface area contributed by atoms with Gasteiger partial charge in [-0.25, -0.2) is 0 Å². The number of carbonyl (C=O) groups is 2. The first-order valence-electron chi connectivity index (χ1n) is 8.04. The normalized spacial score (nSPS) is 16.0. The van der Waals surface area contributed by atoms with Crippen LogP contribution >= 0.6 is 0 Å². The predicted molar refractivity (Wildman–Crippen MR) is 89.4 cm³/mol. The van der Waals surface area contributed by atoms with E-state index < -0.39 is 0 Å². The van der Waals surface area contributed by atoms with Gasteiger partial charge in [-0.3, -0.25) is 14.6 Å². The lowest BCUT2D eigenvalue weighted by Crippen LogP contribution is -2.38. The molecule has 1 aromatic heterocycles. The van der Waals surface area contributed by atoms with Crippen LogP contribution in [0.3, 0.4) is 0 Å². The Labute approximate surface area is 138 Å². The molecule has 2 amide bonds. The maximum absolute atomic E-state index is 12.7. The Morgan fingerprint density at radius 2 is 1.83 bits per heavy atom. The van der Waals surface area contributed by atoms with Crippen molar-refractivity contribution in [2.75, 3.05) is 46.8 Å². The van der Waals surface area contributed by atoms with Crippen molar-refractivity contribution in [2.24, 2.45) is 0 Å². The SMILES string of the molecule is Cc1cc(C(=O)N2CCC(=O)N(CCN(C)C)CC2)cc(C)n1. The van der Waals surface area contributed by atoms with Crippen molar-refractivity contribution in [3.63, 3.8) is 0 Å². The van der Waals surface area contributed by atoms with Crippen LogP contribution in [0.5, 0.6) is 0 Å². The van der Waals surface area contributed by atoms with Crippen LogP contribution in [0, 0.1) is 13.8 Å². The van der Waals surface area contributed by atoms with Crippen molar-refractivity contribution >= 4 is 11.8 Å². The zero-order valence-corrected chi connectivity index (χ0v) is 14.5. The minimum atomic E-state index is -0.0131. The van der Waals surface area contributed by atoms with E-state index in [1.807, 2.05) is 45.0 Å². The van der Waals surface area contributed by atoms with E-state index in [9.17, 15) is 9.59 Å². The van der Waals surface area contributed by atoms with Crippen molar-refractivity contribution in [1.82, 2.24) is 19.7 Å². The summed E-state index contributed by atoms with van der Waals surface area (Å²) in [6.45, 7) is 6.98. The van der Waals surface area contributed by atoms with Crippen LogP contribution in [0.15, 0.2) is 12.1 Å². The van der Waals surface area contributed by atoms with Crippen LogP contribution in [0.4, 0.5) is 0 Å². The van der Waals surface area contributed by atoms with Gasteiger partial charge in [-0.2, -0.15) is 0 Å². The number of likely N-dealkylation sites (N-methyl/N-ethyl adjacent to an activating group) is 1. The summed E-state index contributed by atoms with van der Waals surface area (Å²) in [5.41, 5.74) is 2.34. The lowest BCUT2D eigenvalue weighted by atomic mass is 10.1. The van der Waals surface area contributed by atoms with Crippen LogP contribution in [-0.4, -0.2) is 78.3 Å². The fourth-order valence-electron chi connectivity index (χ4n) is 2.77. The van der Waals surface area contributed by atoms with Gasteiger partial charge in [0.05, 0.1) is 0 Å². The molecular weight excluding hydrogens is 292 g/mol. The predicted octanol–water partition coefficient (Wildman–Crippen LogP) is 0.935. The van der Waals surface area contributed by atoms with E-state index in [0.717, 1.165) is 17.9 Å². The molecule has 126 valence electrons. The minimum Gasteiger partial charge on any atom is -0.340 e. The van der Waals surface area contributed by atoms with E-state index in [0.29, 0.717) is 38.2 Å². The van der Waals surface area contributed by atoms with Crippen LogP contribution in [0.1, 0.15) is 28.2 Å². The second-order valence-corrected chi connectivity index (χ2v) is 6.36. The molecule has 0 atom stereocenters. The first kappa shape index (κ1) is 17.4. The quantitative estimate of drug-likeness (QED) is 0.829. The molecule has 1 aromatic rings. The average molecular weight is 318 g/mol. The Hall–Kier alpha value is -1.95. The van der Waals surface area contributed by atoms with Crippen LogP contribution in [-0.2, 0) is 4.79 Å². The number of carbonyl (C=O) groups excluding carboxylic acids is 2. The number of aryl methyl sites for hydroxylation is 2. The maximum atomic E-state index is 12.7. The smallest absolute Gasteiger partial charge is 0.254 e. The van der Waals surface area contributed by atoms with Crippen LogP contribution in [0.25, 0.3) is 0 Å². The third-order valence-electron chi connectivity index (χ3n) is 4.02. The molecule has 2 rings (SSSR count). The zero-order chi connectivity index (χ0) is 17.0. The van der Waals surface area contributed by atoms with Gasteiger partial charge >= 0.3 is 0 Å². The second kappa shape index (κ2) is 7.55. The summed E-state index contributed by atoms with van der Waals surface area (Å²) in [5, 5.41) is 0. The highest BCUT2D eigenvalue weighted by atomic mass is 16.2. The summed E-state index contributed by atoms with van der Waals surface area (Å²) < 4.78 is 0. The van der Waals surface area contributed by atoms with Crippen molar-refractivity contribution in [2.45, 2.75) is 20.3 Å². The van der Waals surface area contributed by atoms with Crippen LogP contribution < -0.4 is 0 Å². The van der Waals surface area contributed by atoms with E-state index in [-0.39, 0.29) is 11.8 Å². The minimum absolute atomic E-state index is 0.0131. The molecule has 0 N–H and O–H groups in total. The Morgan fingerprint density at radius 3 is 2.43 bits per heavy atom. The third kappa shape index (κ3) is 4.76. The standard InChI is InChI=1S/C17H26N4O2/c1-13-11-15(12-14(2)18-13)17(23)21-6-5-16(22)20(9-10-21)8-7-19(3)4/h11-12H,5-10H2,1-4H3. The molecular formula is C17H26N4O2. The number of rotatable bonds is 4. The highest BCUT2D eigenvalue weighted by Crippen LogP contribution is 2.12. The summed E-state index contributed by atoms with van der Waals surface area (Å²) in [6, 6.07) is 3.62. The average Bonchev–Trinajstić information content (AvgIpc) is 2.65. The molecule has 2 heterocycles. The third-order valence-corrected chi connectivity index (χ3v) is 4.02. The molecule has 0 radical (unpaired) electrons. The van der Waals surface area contributed by atoms with Gasteiger partial charge < -0.3 is 14.7 Å². The summed E-state index contributed by atoms with van der Waals surface area (Å²) >= 11 is 0. The molecule has 0 unspecified atom stereocenters. The number of amides is 2. The van der Waals surface area contributed by atoms with E-state index >= 15 is 0 Å². The monoisotopic (exact) mass is 318 g/mol. The van der Waals surface area contributed by atoms with Gasteiger partial charge in [0.25, 0.3) is 5.91 Å². The largest absolute Gasteiger partial charge is 0.340 e. The fraction of sp³-hybridized carbons (Fsp3) is 0.588. The molecule has 1 saturated heterocycles. The van der Waals surface area contributed by atoms with Gasteiger partial charge in [-0.1, -0.05) is 0 Å². The Balaban J connectivity index is 2.04. The van der Waals surface area contributed by atoms with Gasteiger partial charge in [-0.15, -0.1) is 0 Å². The topological polar surface area (TPSA) is 56.8 Å². The lowest BCUT2D eigenvalue weighted by molar-refractivity contribution is -0.130. The fourth-order valence-corrected chi connectivity index (χ4v) is 2.77. The molecule has 23 heavy (non-hydrogen) atoms. The summed E-state index contributed by atoms with van der Waals surface area (Å²) in [5.74, 6) is 0.116. The number of hydrogen-bond donors (Lipinski definition) is 0. The lowest BCUT2D eigenvalue weighted by Gasteiger charge is -2.23. The van der Waals surface area contributed by atoms with Gasteiger partial charge in [0.15, 0.2) is 0 Å². The molecule has 0 aromatic carbocycles. The first-order valence-corrected chi connectivity index (χ1v) is 8.04. The summed E-state index contributed by atoms with van der Waals surface area (Å²) in [6.07, 6.45) is 0.391. The molecule has 0 bridgehead atoms. The van der Waals surface area contributed by atoms with Gasteiger partial charge in [0.2, 0.25) is 5.91 Å². The second-order valence-electron chi connectivity index (χ2n) is 6.36. The molecule has 6 heteroatoms. The number of nitrogens with zero attached hydrogens (tertiary/aromatic N) is 4. The van der Waals surface area contributed by atoms with E-state index in [2.05, 4.69) is 9.88 Å². The molecule has 0 saturated carbocycles. The van der Waals surface area contributed by atoms with E-state index in [1.165, 1.54) is 0 Å². The molecule has 6 nitrogen and oxygen atoms in total. The highest BCUT2D eigenvalue weighted by molar-refractivity contribution is 5.95. The maximum Gasteiger partial charge on any atom is 0.254 e. The Morgan fingerprint density at radius 1 is 1.17 bits per heavy atom. The first-order chi connectivity index (χ1) is 10.9. The zero-order valence-electron chi connectivity index (χ0n) is 14.5. The highest BCUT2D eigenvalue weighted by Gasteiger charge is 2.24. The van der Waals surface area contributed by atoms with Crippen molar-refractivity contribution in [3.8, 4) is 0 Å². The molecule has 0 aliphatic carbocycles. The number of hydrogen-bond acceptors (Lipinski definition) is 4. The van der Waals surface area contributed by atoms with Gasteiger partial charge in [0.1, 0.15) is 0 Å². The Kier molecular flexibility index (Phi) is 5.71. The van der Waals surface area contributed by atoms with E-state index in [4.69, 9.17) is 0 Å². The number of aromatic nitrogens is 1. The molecule has 1 aliphatic rings. The summed E-state index contributed by atoms with van der Waals surface area (Å²) in [4.78, 5) is 34.9. The molecule has 1 fully saturated rings. The van der Waals surface area contributed by atoms with Gasteiger partial charge in [0, 0.05) is 56.1 Å².